The van der Waals surface area contributed by atoms with Gasteiger partial charge in [0.05, 0.1) is 16.4 Å². The van der Waals surface area contributed by atoms with Gasteiger partial charge in [-0.1, -0.05) is 84.6 Å². The van der Waals surface area contributed by atoms with Gasteiger partial charge in [0, 0.05) is 11.6 Å². The van der Waals surface area contributed by atoms with Crippen LogP contribution in [0.1, 0.15) is 22.3 Å². The zero-order valence-corrected chi connectivity index (χ0v) is 18.4. The maximum atomic E-state index is 13.0. The molecule has 0 unspecified atom stereocenters. The van der Waals surface area contributed by atoms with E-state index in [0.717, 1.165) is 22.9 Å². The highest BCUT2D eigenvalue weighted by Crippen LogP contribution is 2.38. The Morgan fingerprint density at radius 1 is 1.00 bits per heavy atom. The fourth-order valence-electron chi connectivity index (χ4n) is 3.43. The molecule has 3 aromatic rings. The van der Waals surface area contributed by atoms with E-state index in [9.17, 15) is 20.0 Å². The molecule has 1 saturated heterocycles. The molecule has 0 aromatic heterocycles. The van der Waals surface area contributed by atoms with E-state index < -0.39 is 16.4 Å². The van der Waals surface area contributed by atoms with Gasteiger partial charge in [-0.3, -0.25) is 19.8 Å². The van der Waals surface area contributed by atoms with Crippen LogP contribution in [0.25, 0.3) is 6.08 Å². The van der Waals surface area contributed by atoms with Crippen LogP contribution in [0.15, 0.2) is 77.7 Å². The van der Waals surface area contributed by atoms with Crippen LogP contribution in [0.2, 0.25) is 0 Å². The average molecular weight is 463 g/mol. The Labute approximate surface area is 194 Å². The van der Waals surface area contributed by atoms with Gasteiger partial charge in [0.15, 0.2) is 0 Å². The number of hydrogen-bond acceptors (Lipinski definition) is 6. The molecule has 6 nitrogen and oxygen atoms in total. The number of hydrogen-bond donors (Lipinski definition) is 1. The van der Waals surface area contributed by atoms with Crippen LogP contribution >= 0.6 is 24.0 Å². The summed E-state index contributed by atoms with van der Waals surface area (Å²) in [5, 5.41) is 22.0. The molecule has 0 radical (unpaired) electrons. The average Bonchev–Trinajstić information content (AvgIpc) is 3.04. The van der Waals surface area contributed by atoms with Crippen molar-refractivity contribution in [2.24, 2.45) is 0 Å². The van der Waals surface area contributed by atoms with Gasteiger partial charge in [-0.15, -0.1) is 0 Å². The highest BCUT2D eigenvalue weighted by Gasteiger charge is 2.32. The lowest BCUT2D eigenvalue weighted by atomic mass is 10.0. The second-order valence-corrected chi connectivity index (χ2v) is 8.90. The van der Waals surface area contributed by atoms with E-state index in [1.54, 1.807) is 6.07 Å². The van der Waals surface area contributed by atoms with Crippen molar-refractivity contribution in [1.29, 1.82) is 0 Å². The second kappa shape index (κ2) is 9.33. The number of nitro groups is 1. The lowest BCUT2D eigenvalue weighted by Crippen LogP contribution is -2.27. The topological polar surface area (TPSA) is 83.7 Å². The summed E-state index contributed by atoms with van der Waals surface area (Å²) >= 11 is 6.50. The van der Waals surface area contributed by atoms with Crippen LogP contribution in [0.3, 0.4) is 0 Å². The Bertz CT molecular complexity index is 1230. The summed E-state index contributed by atoms with van der Waals surface area (Å²) < 4.78 is 0.402. The Balaban J connectivity index is 1.67. The summed E-state index contributed by atoms with van der Waals surface area (Å²) in [5.74, 6) is -0.764. The van der Waals surface area contributed by atoms with Gasteiger partial charge in [-0.2, -0.15) is 0 Å². The first-order chi connectivity index (χ1) is 15.4. The first-order valence-electron chi connectivity index (χ1n) is 9.76. The number of thiocarbonyl (C=S) groups is 1. The van der Waals surface area contributed by atoms with Gasteiger partial charge < -0.3 is 5.11 Å². The number of nitrogens with zero attached hydrogens (tertiary/aromatic N) is 2. The fraction of sp³-hybridized carbons (Fsp3) is 0.0833. The first kappa shape index (κ1) is 21.7. The molecule has 3 aromatic carbocycles. The Morgan fingerprint density at radius 3 is 2.25 bits per heavy atom. The quantitative estimate of drug-likeness (QED) is 0.232. The molecule has 4 rings (SSSR count). The monoisotopic (exact) mass is 462 g/mol. The van der Waals surface area contributed by atoms with Crippen LogP contribution < -0.4 is 0 Å². The van der Waals surface area contributed by atoms with E-state index in [-0.39, 0.29) is 11.5 Å². The molecule has 1 N–H and O–H groups in total. The number of thioether (sulfide) groups is 1. The van der Waals surface area contributed by atoms with Crippen molar-refractivity contribution in [3.8, 4) is 5.75 Å². The molecular formula is C24H18N2O4S2. The van der Waals surface area contributed by atoms with E-state index in [1.807, 2.05) is 60.7 Å². The molecule has 1 aliphatic rings. The van der Waals surface area contributed by atoms with Crippen LogP contribution in [0.5, 0.6) is 5.75 Å². The SMILES string of the molecule is O=C1/C(=C\c2cc(Cc3ccccc3)cc([N+](=O)[O-])c2O)SC(=S)N1Cc1ccccc1. The molecule has 0 aliphatic carbocycles. The van der Waals surface area contributed by atoms with Crippen molar-refractivity contribution in [1.82, 2.24) is 4.90 Å². The molecule has 160 valence electrons. The lowest BCUT2D eigenvalue weighted by Gasteiger charge is -2.14. The zero-order chi connectivity index (χ0) is 22.7. The Kier molecular flexibility index (Phi) is 6.34. The summed E-state index contributed by atoms with van der Waals surface area (Å²) in [4.78, 5) is 25.7. The minimum Gasteiger partial charge on any atom is -0.502 e. The molecule has 32 heavy (non-hydrogen) atoms. The number of amides is 1. The van der Waals surface area contributed by atoms with Gasteiger partial charge in [0.25, 0.3) is 5.91 Å². The lowest BCUT2D eigenvalue weighted by molar-refractivity contribution is -0.385. The number of carbonyl (C=O) groups excluding carboxylic acids is 1. The van der Waals surface area contributed by atoms with Crippen LogP contribution in [-0.2, 0) is 17.8 Å². The Hall–Kier alpha value is -3.49. The third-order valence-electron chi connectivity index (χ3n) is 4.97. The molecular weight excluding hydrogens is 444 g/mol. The molecule has 1 amide bonds. The van der Waals surface area contributed by atoms with E-state index in [0.29, 0.717) is 27.8 Å². The number of phenolic OH excluding ortho intramolecular Hbond substituents is 1. The molecule has 0 spiro atoms. The molecule has 1 fully saturated rings. The molecule has 8 heteroatoms. The number of aromatic hydroxyl groups is 1. The van der Waals surface area contributed by atoms with Gasteiger partial charge in [-0.25, -0.2) is 0 Å². The van der Waals surface area contributed by atoms with Crippen LogP contribution in [0, 0.1) is 10.1 Å². The van der Waals surface area contributed by atoms with E-state index in [2.05, 4.69) is 0 Å². The summed E-state index contributed by atoms with van der Waals surface area (Å²) in [7, 11) is 0. The highest BCUT2D eigenvalue weighted by atomic mass is 32.2. The molecule has 0 bridgehead atoms. The third-order valence-corrected chi connectivity index (χ3v) is 6.35. The maximum absolute atomic E-state index is 13.0. The number of carbonyl (C=O) groups is 1. The van der Waals surface area contributed by atoms with Crippen LogP contribution in [0.4, 0.5) is 5.69 Å². The molecule has 0 atom stereocenters. The third kappa shape index (κ3) is 4.71. The van der Waals surface area contributed by atoms with E-state index in [1.165, 1.54) is 17.0 Å². The predicted molar refractivity (Wildman–Crippen MR) is 129 cm³/mol. The molecule has 1 heterocycles. The van der Waals surface area contributed by atoms with E-state index in [4.69, 9.17) is 12.2 Å². The van der Waals surface area contributed by atoms with Crippen molar-refractivity contribution < 1.29 is 14.8 Å². The number of nitro benzene ring substituents is 1. The largest absolute Gasteiger partial charge is 0.502 e. The van der Waals surface area contributed by atoms with Crippen LogP contribution in [-0.4, -0.2) is 25.2 Å². The summed E-state index contributed by atoms with van der Waals surface area (Å²) in [5.41, 5.74) is 2.39. The Morgan fingerprint density at radius 2 is 1.62 bits per heavy atom. The number of phenols is 1. The van der Waals surface area contributed by atoms with Crippen molar-refractivity contribution in [3.63, 3.8) is 0 Å². The summed E-state index contributed by atoms with van der Waals surface area (Å²) in [6, 6.07) is 22.0. The van der Waals surface area contributed by atoms with E-state index >= 15 is 0 Å². The minimum atomic E-state index is -0.623. The van der Waals surface area contributed by atoms with Gasteiger partial charge in [0.2, 0.25) is 5.75 Å². The van der Waals surface area contributed by atoms with Gasteiger partial charge >= 0.3 is 5.69 Å². The molecule has 1 aliphatic heterocycles. The van der Waals surface area contributed by atoms with Crippen molar-refractivity contribution in [2.45, 2.75) is 13.0 Å². The summed E-state index contributed by atoms with van der Waals surface area (Å²) in [6.07, 6.45) is 1.93. The van der Waals surface area contributed by atoms with Crippen molar-refractivity contribution >= 4 is 46.0 Å². The maximum Gasteiger partial charge on any atom is 0.311 e. The van der Waals surface area contributed by atoms with Gasteiger partial charge in [-0.05, 0) is 35.3 Å². The standard InChI is InChI=1S/C24H18N2O4S2/c27-22-19(12-18(13-20(22)26(29)30)11-16-7-3-1-4-8-16)14-21-23(28)25(24(31)32-21)15-17-9-5-2-6-10-17/h1-10,12-14,27H,11,15H2/b21-14+. The minimum absolute atomic E-state index is 0.213. The number of rotatable bonds is 6. The smallest absolute Gasteiger partial charge is 0.311 e. The number of benzene rings is 3. The second-order valence-electron chi connectivity index (χ2n) is 7.23. The van der Waals surface area contributed by atoms with Gasteiger partial charge in [0.1, 0.15) is 4.32 Å². The molecule has 0 saturated carbocycles. The predicted octanol–water partition coefficient (Wildman–Crippen LogP) is 5.29. The zero-order valence-electron chi connectivity index (χ0n) is 16.8. The first-order valence-corrected chi connectivity index (χ1v) is 11.0. The summed E-state index contributed by atoms with van der Waals surface area (Å²) in [6.45, 7) is 0.336. The highest BCUT2D eigenvalue weighted by molar-refractivity contribution is 8.26. The van der Waals surface area contributed by atoms with Crippen molar-refractivity contribution in [3.05, 3.63) is 110 Å². The fourth-order valence-corrected chi connectivity index (χ4v) is 4.67. The normalized spacial score (nSPS) is 14.9. The van der Waals surface area contributed by atoms with Crippen molar-refractivity contribution in [2.75, 3.05) is 0 Å².